The first-order valence-corrected chi connectivity index (χ1v) is 5.49. The molecule has 0 heterocycles. The second kappa shape index (κ2) is 8.55. The van der Waals surface area contributed by atoms with Crippen LogP contribution in [0.2, 0.25) is 0 Å². The molecule has 1 unspecified atom stereocenters. The highest BCUT2D eigenvalue weighted by Crippen LogP contribution is 2.02. The fourth-order valence-corrected chi connectivity index (χ4v) is 0.801. The molecule has 0 aromatic heterocycles. The number of Topliss-reactive ketones (excluding diaryl/α,β-unsaturated/α-hetero) is 1. The lowest BCUT2D eigenvalue weighted by Gasteiger charge is -2.08. The van der Waals surface area contributed by atoms with Crippen LogP contribution in [0.4, 0.5) is 4.79 Å². The molecular formula is C11H18O6. The maximum atomic E-state index is 11.2. The highest BCUT2D eigenvalue weighted by atomic mass is 16.7. The van der Waals surface area contributed by atoms with Crippen molar-refractivity contribution in [2.24, 2.45) is 5.92 Å². The Labute approximate surface area is 100 Å². The smallest absolute Gasteiger partial charge is 0.457 e. The first kappa shape index (κ1) is 15.4. The lowest BCUT2D eigenvalue weighted by Crippen LogP contribution is -2.23. The number of ketones is 1. The van der Waals surface area contributed by atoms with E-state index in [9.17, 15) is 14.4 Å². The average molecular weight is 246 g/mol. The normalized spacial score (nSPS) is 11.5. The van der Waals surface area contributed by atoms with Crippen LogP contribution < -0.4 is 0 Å². The van der Waals surface area contributed by atoms with Gasteiger partial charge in [0, 0.05) is 0 Å². The van der Waals surface area contributed by atoms with Gasteiger partial charge < -0.3 is 14.2 Å². The molecule has 0 amide bonds. The number of hydrogen-bond acceptors (Lipinski definition) is 6. The quantitative estimate of drug-likeness (QED) is 0.630. The number of rotatable bonds is 7. The van der Waals surface area contributed by atoms with Gasteiger partial charge >= 0.3 is 12.1 Å². The zero-order valence-electron chi connectivity index (χ0n) is 10.4. The summed E-state index contributed by atoms with van der Waals surface area (Å²) in [4.78, 5) is 33.1. The Hall–Kier alpha value is -1.59. The minimum atomic E-state index is -0.908. The van der Waals surface area contributed by atoms with E-state index >= 15 is 0 Å². The van der Waals surface area contributed by atoms with Crippen LogP contribution in [0.3, 0.4) is 0 Å². The Bertz CT molecular complexity index is 273. The molecule has 0 aliphatic rings. The van der Waals surface area contributed by atoms with E-state index in [1.54, 1.807) is 13.8 Å². The van der Waals surface area contributed by atoms with Crippen molar-refractivity contribution in [1.82, 2.24) is 0 Å². The van der Waals surface area contributed by atoms with Gasteiger partial charge in [-0.1, -0.05) is 13.8 Å². The number of carbonyl (C=O) groups is 3. The molecule has 1 atom stereocenters. The van der Waals surface area contributed by atoms with Crippen molar-refractivity contribution in [3.05, 3.63) is 0 Å². The van der Waals surface area contributed by atoms with Crippen molar-refractivity contribution >= 4 is 17.9 Å². The first-order chi connectivity index (χ1) is 8.01. The molecule has 0 aliphatic carbocycles. The molecule has 0 spiro atoms. The summed E-state index contributed by atoms with van der Waals surface area (Å²) in [6.45, 7) is 4.52. The highest BCUT2D eigenvalue weighted by molar-refractivity contribution is 5.84. The summed E-state index contributed by atoms with van der Waals surface area (Å²) in [5.41, 5.74) is 0. The molecule has 0 N–H and O–H groups in total. The summed E-state index contributed by atoms with van der Waals surface area (Å²) in [6, 6.07) is 0. The second-order valence-electron chi connectivity index (χ2n) is 3.43. The zero-order chi connectivity index (χ0) is 13.3. The molecule has 0 rings (SSSR count). The van der Waals surface area contributed by atoms with Crippen molar-refractivity contribution in [1.29, 1.82) is 0 Å². The molecule has 0 radical (unpaired) electrons. The van der Waals surface area contributed by atoms with Crippen LogP contribution in [-0.2, 0) is 23.8 Å². The molecule has 0 aromatic rings. The standard InChI is InChI=1S/C11H18O6/c1-4-8(3)10(13)16-6-9(12)7-17-11(14)15-5-2/h8H,4-7H2,1-3H3. The monoisotopic (exact) mass is 246 g/mol. The number of carbonyl (C=O) groups excluding carboxylic acids is 3. The van der Waals surface area contributed by atoms with Gasteiger partial charge in [-0.05, 0) is 13.3 Å². The van der Waals surface area contributed by atoms with E-state index in [2.05, 4.69) is 9.47 Å². The third-order valence-corrected chi connectivity index (χ3v) is 2.00. The summed E-state index contributed by atoms with van der Waals surface area (Å²) in [5.74, 6) is -1.17. The van der Waals surface area contributed by atoms with Crippen LogP contribution >= 0.6 is 0 Å². The predicted molar refractivity (Wildman–Crippen MR) is 58.4 cm³/mol. The Morgan fingerprint density at radius 2 is 1.59 bits per heavy atom. The van der Waals surface area contributed by atoms with Crippen molar-refractivity contribution < 1.29 is 28.6 Å². The molecule has 6 heteroatoms. The van der Waals surface area contributed by atoms with Crippen molar-refractivity contribution in [2.75, 3.05) is 19.8 Å². The average Bonchev–Trinajstić information content (AvgIpc) is 2.32. The Kier molecular flexibility index (Phi) is 7.75. The van der Waals surface area contributed by atoms with Gasteiger partial charge in [0.05, 0.1) is 12.5 Å². The van der Waals surface area contributed by atoms with E-state index in [0.29, 0.717) is 6.42 Å². The maximum Gasteiger partial charge on any atom is 0.508 e. The van der Waals surface area contributed by atoms with E-state index < -0.39 is 24.5 Å². The van der Waals surface area contributed by atoms with Crippen LogP contribution in [0.25, 0.3) is 0 Å². The van der Waals surface area contributed by atoms with Crippen molar-refractivity contribution in [2.45, 2.75) is 27.2 Å². The number of hydrogen-bond donors (Lipinski definition) is 0. The third-order valence-electron chi connectivity index (χ3n) is 2.00. The van der Waals surface area contributed by atoms with Gasteiger partial charge in [0.2, 0.25) is 5.78 Å². The zero-order valence-corrected chi connectivity index (χ0v) is 10.4. The molecule has 17 heavy (non-hydrogen) atoms. The largest absolute Gasteiger partial charge is 0.508 e. The lowest BCUT2D eigenvalue weighted by atomic mass is 10.1. The van der Waals surface area contributed by atoms with E-state index in [1.807, 2.05) is 6.92 Å². The first-order valence-electron chi connectivity index (χ1n) is 5.49. The Balaban J connectivity index is 3.73. The van der Waals surface area contributed by atoms with Gasteiger partial charge in [-0.3, -0.25) is 9.59 Å². The minimum absolute atomic E-state index is 0.177. The van der Waals surface area contributed by atoms with Gasteiger partial charge in [-0.25, -0.2) is 4.79 Å². The molecule has 0 saturated heterocycles. The summed E-state index contributed by atoms with van der Waals surface area (Å²) < 4.78 is 13.6. The molecule has 0 fully saturated rings. The molecule has 6 nitrogen and oxygen atoms in total. The van der Waals surface area contributed by atoms with E-state index in [0.717, 1.165) is 0 Å². The summed E-state index contributed by atoms with van der Waals surface area (Å²) >= 11 is 0. The summed E-state index contributed by atoms with van der Waals surface area (Å²) in [5, 5.41) is 0. The Morgan fingerprint density at radius 1 is 1.00 bits per heavy atom. The van der Waals surface area contributed by atoms with Gasteiger partial charge in [0.15, 0.2) is 13.2 Å². The van der Waals surface area contributed by atoms with Crippen LogP contribution in [-0.4, -0.2) is 37.7 Å². The van der Waals surface area contributed by atoms with E-state index in [1.165, 1.54) is 0 Å². The van der Waals surface area contributed by atoms with Gasteiger partial charge in [0.25, 0.3) is 0 Å². The molecule has 0 aromatic carbocycles. The molecule has 0 saturated carbocycles. The van der Waals surface area contributed by atoms with Gasteiger partial charge in [-0.15, -0.1) is 0 Å². The predicted octanol–water partition coefficient (Wildman–Crippen LogP) is 1.32. The molecule has 0 bridgehead atoms. The maximum absolute atomic E-state index is 11.2. The SMILES string of the molecule is CCOC(=O)OCC(=O)COC(=O)C(C)CC. The van der Waals surface area contributed by atoms with Crippen LogP contribution in [0.1, 0.15) is 27.2 Å². The van der Waals surface area contributed by atoms with Gasteiger partial charge in [-0.2, -0.15) is 0 Å². The molecule has 98 valence electrons. The second-order valence-corrected chi connectivity index (χ2v) is 3.43. The summed E-state index contributed by atoms with van der Waals surface area (Å²) in [7, 11) is 0. The fourth-order valence-electron chi connectivity index (χ4n) is 0.801. The van der Waals surface area contributed by atoms with Crippen LogP contribution in [0, 0.1) is 5.92 Å². The number of ether oxygens (including phenoxy) is 3. The third kappa shape index (κ3) is 7.32. The summed E-state index contributed by atoms with van der Waals surface area (Å²) in [6.07, 6.45) is -0.263. The Morgan fingerprint density at radius 3 is 2.12 bits per heavy atom. The lowest BCUT2D eigenvalue weighted by molar-refractivity contribution is -0.152. The van der Waals surface area contributed by atoms with E-state index in [4.69, 9.17) is 4.74 Å². The topological polar surface area (TPSA) is 78.9 Å². The van der Waals surface area contributed by atoms with Crippen molar-refractivity contribution in [3.8, 4) is 0 Å². The minimum Gasteiger partial charge on any atom is -0.457 e. The van der Waals surface area contributed by atoms with Crippen LogP contribution in [0.15, 0.2) is 0 Å². The van der Waals surface area contributed by atoms with E-state index in [-0.39, 0.29) is 19.1 Å². The highest BCUT2D eigenvalue weighted by Gasteiger charge is 2.15. The molecular weight excluding hydrogens is 228 g/mol. The van der Waals surface area contributed by atoms with Gasteiger partial charge in [0.1, 0.15) is 0 Å². The van der Waals surface area contributed by atoms with Crippen LogP contribution in [0.5, 0.6) is 0 Å². The molecule has 0 aliphatic heterocycles. The van der Waals surface area contributed by atoms with Crippen molar-refractivity contribution in [3.63, 3.8) is 0 Å². The fraction of sp³-hybridized carbons (Fsp3) is 0.727. The number of esters is 1.